The molecule has 5 nitrogen and oxygen atoms in total. The minimum absolute atomic E-state index is 0.0880. The van der Waals surface area contributed by atoms with E-state index in [4.69, 9.17) is 9.47 Å². The first-order chi connectivity index (χ1) is 12.5. The molecular weight excluding hydrogens is 398 g/mol. The molecule has 1 aliphatic carbocycles. The molecule has 1 aromatic rings. The standard InChI is InChI=1S/C20H22BrNO4/c1-4-26-20(24)17-11(2)22-14-6-5-7-15(23)19(14)18(17)12-8-9-16(25-3)13(21)10-12/h8-10,18,22H,4-7H2,1-3H3/t18-/m0/s1. The first-order valence-electron chi connectivity index (χ1n) is 8.72. The molecule has 1 heterocycles. The van der Waals surface area contributed by atoms with Crippen molar-refractivity contribution in [2.24, 2.45) is 0 Å². The summed E-state index contributed by atoms with van der Waals surface area (Å²) in [4.78, 5) is 25.4. The Bertz CT molecular complexity index is 825. The van der Waals surface area contributed by atoms with E-state index >= 15 is 0 Å². The number of carbonyl (C=O) groups excluding carboxylic acids is 2. The Kier molecular flexibility index (Phi) is 5.51. The van der Waals surface area contributed by atoms with Crippen LogP contribution in [0.5, 0.6) is 5.75 Å². The molecule has 0 bridgehead atoms. The maximum Gasteiger partial charge on any atom is 0.336 e. The van der Waals surface area contributed by atoms with Crippen LogP contribution in [-0.2, 0) is 14.3 Å². The van der Waals surface area contributed by atoms with E-state index in [0.29, 0.717) is 23.3 Å². The second-order valence-electron chi connectivity index (χ2n) is 6.38. The average Bonchev–Trinajstić information content (AvgIpc) is 2.60. The van der Waals surface area contributed by atoms with E-state index in [-0.39, 0.29) is 18.4 Å². The molecule has 1 aromatic carbocycles. The van der Waals surface area contributed by atoms with E-state index in [2.05, 4.69) is 21.2 Å². The number of benzene rings is 1. The molecule has 1 atom stereocenters. The van der Waals surface area contributed by atoms with Crippen LogP contribution in [0.3, 0.4) is 0 Å². The van der Waals surface area contributed by atoms with Crippen LogP contribution in [0.1, 0.15) is 44.6 Å². The van der Waals surface area contributed by atoms with Gasteiger partial charge in [-0.25, -0.2) is 4.79 Å². The fourth-order valence-electron chi connectivity index (χ4n) is 3.66. The van der Waals surface area contributed by atoms with E-state index in [1.807, 2.05) is 25.1 Å². The van der Waals surface area contributed by atoms with Crippen molar-refractivity contribution in [2.75, 3.05) is 13.7 Å². The molecule has 0 radical (unpaired) electrons. The number of hydrogen-bond donors (Lipinski definition) is 1. The molecule has 0 aromatic heterocycles. The van der Waals surface area contributed by atoms with Gasteiger partial charge in [0.1, 0.15) is 5.75 Å². The number of ether oxygens (including phenoxy) is 2. The van der Waals surface area contributed by atoms with Gasteiger partial charge < -0.3 is 14.8 Å². The topological polar surface area (TPSA) is 64.6 Å². The summed E-state index contributed by atoms with van der Waals surface area (Å²) in [5.41, 5.74) is 3.71. The Hall–Kier alpha value is -2.08. The molecule has 1 N–H and O–H groups in total. The minimum atomic E-state index is -0.430. The summed E-state index contributed by atoms with van der Waals surface area (Å²) in [7, 11) is 1.60. The van der Waals surface area contributed by atoms with Gasteiger partial charge >= 0.3 is 5.97 Å². The second kappa shape index (κ2) is 7.66. The van der Waals surface area contributed by atoms with Crippen molar-refractivity contribution in [1.82, 2.24) is 5.32 Å². The zero-order valence-corrected chi connectivity index (χ0v) is 16.7. The Labute approximate surface area is 161 Å². The van der Waals surface area contributed by atoms with Gasteiger partial charge in [-0.05, 0) is 60.3 Å². The van der Waals surface area contributed by atoms with Crippen molar-refractivity contribution >= 4 is 27.7 Å². The summed E-state index contributed by atoms with van der Waals surface area (Å²) in [6, 6.07) is 5.65. The summed E-state index contributed by atoms with van der Waals surface area (Å²) in [5.74, 6) is -0.0325. The third-order valence-corrected chi connectivity index (χ3v) is 5.40. The zero-order valence-electron chi connectivity index (χ0n) is 15.1. The number of Topliss-reactive ketones (excluding diaryl/α,β-unsaturated/α-hetero) is 1. The Morgan fingerprint density at radius 2 is 2.12 bits per heavy atom. The summed E-state index contributed by atoms with van der Waals surface area (Å²) in [6.45, 7) is 3.93. The van der Waals surface area contributed by atoms with Crippen LogP contribution in [0.15, 0.2) is 45.2 Å². The highest BCUT2D eigenvalue weighted by Gasteiger charge is 2.39. The van der Waals surface area contributed by atoms with Gasteiger partial charge in [0.2, 0.25) is 0 Å². The molecular formula is C20H22BrNO4. The number of methoxy groups -OCH3 is 1. The fraction of sp³-hybridized carbons (Fsp3) is 0.400. The molecule has 138 valence electrons. The van der Waals surface area contributed by atoms with Gasteiger partial charge in [0, 0.05) is 29.3 Å². The highest BCUT2D eigenvalue weighted by atomic mass is 79.9. The lowest BCUT2D eigenvalue weighted by Gasteiger charge is -2.34. The first-order valence-corrected chi connectivity index (χ1v) is 9.51. The molecule has 0 spiro atoms. The van der Waals surface area contributed by atoms with Crippen LogP contribution in [-0.4, -0.2) is 25.5 Å². The lowest BCUT2D eigenvalue weighted by atomic mass is 9.75. The fourth-order valence-corrected chi connectivity index (χ4v) is 4.22. The molecule has 1 aliphatic heterocycles. The predicted octanol–water partition coefficient (Wildman–Crippen LogP) is 3.99. The van der Waals surface area contributed by atoms with E-state index < -0.39 is 5.92 Å². The van der Waals surface area contributed by atoms with Crippen molar-refractivity contribution < 1.29 is 19.1 Å². The van der Waals surface area contributed by atoms with Crippen molar-refractivity contribution in [2.45, 2.75) is 39.0 Å². The van der Waals surface area contributed by atoms with Crippen molar-refractivity contribution in [3.8, 4) is 5.75 Å². The normalized spacial score (nSPS) is 19.8. The maximum atomic E-state index is 12.7. The average molecular weight is 420 g/mol. The van der Waals surface area contributed by atoms with Gasteiger partial charge in [-0.3, -0.25) is 4.79 Å². The minimum Gasteiger partial charge on any atom is -0.496 e. The molecule has 0 fully saturated rings. The van der Waals surface area contributed by atoms with E-state index in [1.54, 1.807) is 14.0 Å². The lowest BCUT2D eigenvalue weighted by Crippen LogP contribution is -2.34. The molecule has 2 aliphatic rings. The van der Waals surface area contributed by atoms with Crippen molar-refractivity contribution in [3.63, 3.8) is 0 Å². The third-order valence-electron chi connectivity index (χ3n) is 4.78. The van der Waals surface area contributed by atoms with Crippen LogP contribution in [0.25, 0.3) is 0 Å². The quantitative estimate of drug-likeness (QED) is 0.747. The monoisotopic (exact) mass is 419 g/mol. The number of allylic oxidation sites excluding steroid dienone is 3. The third kappa shape index (κ3) is 3.30. The van der Waals surface area contributed by atoms with Crippen LogP contribution in [0.4, 0.5) is 0 Å². The van der Waals surface area contributed by atoms with E-state index in [0.717, 1.165) is 34.3 Å². The maximum absolute atomic E-state index is 12.7. The van der Waals surface area contributed by atoms with Crippen molar-refractivity contribution in [1.29, 1.82) is 0 Å². The van der Waals surface area contributed by atoms with Gasteiger partial charge in [0.05, 0.1) is 23.8 Å². The second-order valence-corrected chi connectivity index (χ2v) is 7.23. The predicted molar refractivity (Wildman–Crippen MR) is 102 cm³/mol. The summed E-state index contributed by atoms with van der Waals surface area (Å²) >= 11 is 3.51. The largest absolute Gasteiger partial charge is 0.496 e. The van der Waals surface area contributed by atoms with Gasteiger partial charge in [0.15, 0.2) is 5.78 Å². The SMILES string of the molecule is CCOC(=O)C1=C(C)NC2=C(C(=O)CCC2)[C@H]1c1ccc(OC)c(Br)c1. The Morgan fingerprint density at radius 1 is 1.35 bits per heavy atom. The van der Waals surface area contributed by atoms with Gasteiger partial charge in [0.25, 0.3) is 0 Å². The molecule has 0 saturated heterocycles. The number of dihydropyridines is 1. The number of rotatable bonds is 4. The molecule has 0 amide bonds. The Balaban J connectivity index is 2.17. The number of halogens is 1. The van der Waals surface area contributed by atoms with Crippen LogP contribution >= 0.6 is 15.9 Å². The number of carbonyl (C=O) groups is 2. The number of esters is 1. The van der Waals surface area contributed by atoms with Gasteiger partial charge in [-0.2, -0.15) is 0 Å². The molecule has 0 saturated carbocycles. The summed E-state index contributed by atoms with van der Waals surface area (Å²) < 4.78 is 11.4. The lowest BCUT2D eigenvalue weighted by molar-refractivity contribution is -0.138. The van der Waals surface area contributed by atoms with Crippen LogP contribution in [0.2, 0.25) is 0 Å². The summed E-state index contributed by atoms with van der Waals surface area (Å²) in [6.07, 6.45) is 2.14. The van der Waals surface area contributed by atoms with Gasteiger partial charge in [-0.15, -0.1) is 0 Å². The zero-order chi connectivity index (χ0) is 18.8. The highest BCUT2D eigenvalue weighted by molar-refractivity contribution is 9.10. The van der Waals surface area contributed by atoms with Crippen molar-refractivity contribution in [3.05, 3.63) is 50.8 Å². The molecule has 3 rings (SSSR count). The number of hydrogen-bond acceptors (Lipinski definition) is 5. The van der Waals surface area contributed by atoms with E-state index in [1.165, 1.54) is 0 Å². The highest BCUT2D eigenvalue weighted by Crippen LogP contribution is 2.43. The smallest absolute Gasteiger partial charge is 0.336 e. The summed E-state index contributed by atoms with van der Waals surface area (Å²) in [5, 5.41) is 3.28. The van der Waals surface area contributed by atoms with Crippen LogP contribution in [0, 0.1) is 0 Å². The molecule has 26 heavy (non-hydrogen) atoms. The Morgan fingerprint density at radius 3 is 2.77 bits per heavy atom. The first kappa shape index (κ1) is 18.7. The number of ketones is 1. The van der Waals surface area contributed by atoms with E-state index in [9.17, 15) is 9.59 Å². The molecule has 6 heteroatoms. The van der Waals surface area contributed by atoms with Gasteiger partial charge in [-0.1, -0.05) is 6.07 Å². The van der Waals surface area contributed by atoms with Crippen LogP contribution < -0.4 is 10.1 Å². The molecule has 0 unspecified atom stereocenters. The number of nitrogens with one attached hydrogen (secondary N) is 1.